The van der Waals surface area contributed by atoms with Gasteiger partial charge in [-0.25, -0.2) is 9.69 Å². The molecule has 3 amide bonds. The molecule has 0 saturated carbocycles. The summed E-state index contributed by atoms with van der Waals surface area (Å²) in [4.78, 5) is 63.8. The molecule has 4 rings (SSSR count). The second-order valence-corrected chi connectivity index (χ2v) is 8.67. The maximum Gasteiger partial charge on any atom is 0.338 e. The summed E-state index contributed by atoms with van der Waals surface area (Å²) in [5, 5.41) is 2.62. The number of esters is 1. The Hall–Kier alpha value is -4.59. The van der Waals surface area contributed by atoms with Crippen LogP contribution in [0.5, 0.6) is 0 Å². The maximum absolute atomic E-state index is 13.1. The van der Waals surface area contributed by atoms with E-state index < -0.39 is 29.8 Å². The molecule has 1 atom stereocenters. The number of hydrogen-bond acceptors (Lipinski definition) is 6. The average Bonchev–Trinajstić information content (AvgIpc) is 3.10. The van der Waals surface area contributed by atoms with Crippen LogP contribution < -0.4 is 10.2 Å². The third-order valence-electron chi connectivity index (χ3n) is 5.94. The van der Waals surface area contributed by atoms with E-state index in [1.807, 2.05) is 26.0 Å². The predicted molar refractivity (Wildman–Crippen MR) is 133 cm³/mol. The van der Waals surface area contributed by atoms with E-state index in [1.165, 1.54) is 32.0 Å². The van der Waals surface area contributed by atoms with Gasteiger partial charge in [0.1, 0.15) is 0 Å². The summed E-state index contributed by atoms with van der Waals surface area (Å²) >= 11 is 0. The molecule has 0 spiro atoms. The molecule has 0 bridgehead atoms. The summed E-state index contributed by atoms with van der Waals surface area (Å²) in [6, 6.07) is 15.9. The quantitative estimate of drug-likeness (QED) is 0.314. The van der Waals surface area contributed by atoms with Crippen LogP contribution in [0, 0.1) is 13.8 Å². The fraction of sp³-hybridized carbons (Fsp3) is 0.179. The van der Waals surface area contributed by atoms with Crippen molar-refractivity contribution in [3.8, 4) is 0 Å². The monoisotopic (exact) mass is 484 g/mol. The van der Waals surface area contributed by atoms with E-state index in [1.54, 1.807) is 30.3 Å². The first kappa shape index (κ1) is 24.5. The number of ketones is 1. The van der Waals surface area contributed by atoms with Gasteiger partial charge < -0.3 is 10.1 Å². The molecule has 8 nitrogen and oxygen atoms in total. The van der Waals surface area contributed by atoms with Gasteiger partial charge in [0.25, 0.3) is 17.7 Å². The number of nitrogens with zero attached hydrogens (tertiary/aromatic N) is 1. The number of nitrogens with one attached hydrogen (secondary N) is 1. The number of carbonyl (C=O) groups excluding carboxylic acids is 5. The minimum absolute atomic E-state index is 0.0446. The number of imide groups is 1. The van der Waals surface area contributed by atoms with Crippen LogP contribution in [-0.2, 0) is 9.53 Å². The summed E-state index contributed by atoms with van der Waals surface area (Å²) in [7, 11) is 0. The van der Waals surface area contributed by atoms with Crippen LogP contribution in [0.2, 0.25) is 0 Å². The number of anilines is 2. The lowest BCUT2D eigenvalue weighted by molar-refractivity contribution is -0.123. The summed E-state index contributed by atoms with van der Waals surface area (Å²) in [5.74, 6) is -2.46. The predicted octanol–water partition coefficient (Wildman–Crippen LogP) is 4.49. The topological polar surface area (TPSA) is 110 Å². The van der Waals surface area contributed by atoms with Crippen LogP contribution in [0.1, 0.15) is 66.4 Å². The third-order valence-corrected chi connectivity index (χ3v) is 5.94. The van der Waals surface area contributed by atoms with Crippen molar-refractivity contribution in [2.75, 3.05) is 10.2 Å². The van der Waals surface area contributed by atoms with Crippen molar-refractivity contribution in [2.24, 2.45) is 0 Å². The van der Waals surface area contributed by atoms with Crippen LogP contribution in [0.3, 0.4) is 0 Å². The van der Waals surface area contributed by atoms with Crippen molar-refractivity contribution in [3.05, 3.63) is 94.0 Å². The molecule has 1 heterocycles. The second kappa shape index (κ2) is 9.58. The van der Waals surface area contributed by atoms with Gasteiger partial charge in [0.15, 0.2) is 11.9 Å². The number of hydrogen-bond donors (Lipinski definition) is 1. The minimum atomic E-state index is -1.14. The van der Waals surface area contributed by atoms with Gasteiger partial charge in [-0.15, -0.1) is 0 Å². The number of Topliss-reactive ketones (excluding diaryl/α,β-unsaturated/α-hetero) is 1. The van der Waals surface area contributed by atoms with E-state index in [9.17, 15) is 24.0 Å². The molecular weight excluding hydrogens is 460 g/mol. The van der Waals surface area contributed by atoms with Crippen molar-refractivity contribution in [1.29, 1.82) is 0 Å². The van der Waals surface area contributed by atoms with Gasteiger partial charge >= 0.3 is 5.97 Å². The van der Waals surface area contributed by atoms with Crippen LogP contribution in [0.15, 0.2) is 60.7 Å². The van der Waals surface area contributed by atoms with Crippen molar-refractivity contribution < 1.29 is 28.7 Å². The fourth-order valence-electron chi connectivity index (χ4n) is 3.86. The van der Waals surface area contributed by atoms with Crippen LogP contribution in [0.25, 0.3) is 0 Å². The molecule has 0 aliphatic carbocycles. The zero-order valence-electron chi connectivity index (χ0n) is 20.2. The Morgan fingerprint density at radius 3 is 2.14 bits per heavy atom. The Kier molecular flexibility index (Phi) is 6.53. The SMILES string of the molecule is CC(=O)c1ccc(NC(=O)C(C)OC(=O)c2ccc3c(c2)C(=O)N(c2cc(C)ccc2C)C3=O)cc1. The zero-order chi connectivity index (χ0) is 26.1. The molecule has 0 aromatic heterocycles. The highest BCUT2D eigenvalue weighted by Gasteiger charge is 2.38. The fourth-order valence-corrected chi connectivity index (χ4v) is 3.86. The maximum atomic E-state index is 13.1. The van der Waals surface area contributed by atoms with Gasteiger partial charge in [-0.2, -0.15) is 0 Å². The first-order chi connectivity index (χ1) is 17.1. The summed E-state index contributed by atoms with van der Waals surface area (Å²) in [5.41, 5.74) is 3.45. The van der Waals surface area contributed by atoms with Gasteiger partial charge in [-0.1, -0.05) is 12.1 Å². The third kappa shape index (κ3) is 4.65. The Morgan fingerprint density at radius 1 is 0.833 bits per heavy atom. The number of aryl methyl sites for hydroxylation is 2. The largest absolute Gasteiger partial charge is 0.449 e. The Bertz CT molecular complexity index is 1420. The Morgan fingerprint density at radius 2 is 1.47 bits per heavy atom. The number of benzene rings is 3. The molecule has 182 valence electrons. The molecular formula is C28H24N2O6. The van der Waals surface area contributed by atoms with Gasteiger partial charge in [-0.3, -0.25) is 19.2 Å². The van der Waals surface area contributed by atoms with E-state index in [4.69, 9.17) is 4.74 Å². The van der Waals surface area contributed by atoms with E-state index in [2.05, 4.69) is 5.32 Å². The molecule has 3 aromatic rings. The first-order valence-corrected chi connectivity index (χ1v) is 11.3. The standard InChI is InChI=1S/C28H24N2O6/c1-15-5-6-16(2)24(13-15)30-26(33)22-12-9-20(14-23(22)27(30)34)28(35)36-18(4)25(32)29-21-10-7-19(8-11-21)17(3)31/h5-14,18H,1-4H3,(H,29,32). The molecule has 8 heteroatoms. The Labute approximate surface area is 207 Å². The van der Waals surface area contributed by atoms with Crippen LogP contribution >= 0.6 is 0 Å². The lowest BCUT2D eigenvalue weighted by Gasteiger charge is -2.17. The number of fused-ring (bicyclic) bond motifs is 1. The van der Waals surface area contributed by atoms with Gasteiger partial charge in [0, 0.05) is 11.3 Å². The van der Waals surface area contributed by atoms with Crippen molar-refractivity contribution in [2.45, 2.75) is 33.8 Å². The molecule has 0 fully saturated rings. The molecule has 1 unspecified atom stereocenters. The molecule has 3 aromatic carbocycles. The lowest BCUT2D eigenvalue weighted by atomic mass is 10.1. The number of amides is 3. The number of ether oxygens (including phenoxy) is 1. The molecule has 0 saturated heterocycles. The minimum Gasteiger partial charge on any atom is -0.449 e. The van der Waals surface area contributed by atoms with E-state index in [-0.39, 0.29) is 22.5 Å². The molecule has 0 radical (unpaired) electrons. The molecule has 1 N–H and O–H groups in total. The smallest absolute Gasteiger partial charge is 0.338 e. The Balaban J connectivity index is 1.48. The summed E-state index contributed by atoms with van der Waals surface area (Å²) in [6.07, 6.45) is -1.14. The summed E-state index contributed by atoms with van der Waals surface area (Å²) in [6.45, 7) is 6.54. The number of carbonyl (C=O) groups is 5. The van der Waals surface area contributed by atoms with Gasteiger partial charge in [0.05, 0.1) is 22.4 Å². The van der Waals surface area contributed by atoms with Crippen molar-refractivity contribution in [1.82, 2.24) is 0 Å². The summed E-state index contributed by atoms with van der Waals surface area (Å²) < 4.78 is 5.29. The van der Waals surface area contributed by atoms with Crippen LogP contribution in [0.4, 0.5) is 11.4 Å². The van der Waals surface area contributed by atoms with Crippen LogP contribution in [-0.4, -0.2) is 35.6 Å². The molecule has 36 heavy (non-hydrogen) atoms. The van der Waals surface area contributed by atoms with Crippen molar-refractivity contribution >= 4 is 40.8 Å². The van der Waals surface area contributed by atoms with Gasteiger partial charge in [0.2, 0.25) is 0 Å². The highest BCUT2D eigenvalue weighted by atomic mass is 16.5. The van der Waals surface area contributed by atoms with E-state index in [0.29, 0.717) is 16.9 Å². The second-order valence-electron chi connectivity index (χ2n) is 8.67. The van der Waals surface area contributed by atoms with Crippen molar-refractivity contribution in [3.63, 3.8) is 0 Å². The van der Waals surface area contributed by atoms with Gasteiger partial charge in [-0.05, 0) is 87.4 Å². The first-order valence-electron chi connectivity index (χ1n) is 11.3. The highest BCUT2D eigenvalue weighted by Crippen LogP contribution is 2.32. The van der Waals surface area contributed by atoms with E-state index >= 15 is 0 Å². The highest BCUT2D eigenvalue weighted by molar-refractivity contribution is 6.35. The molecule has 1 aliphatic rings. The lowest BCUT2D eigenvalue weighted by Crippen LogP contribution is -2.30. The molecule has 1 aliphatic heterocycles. The van der Waals surface area contributed by atoms with E-state index in [0.717, 1.165) is 16.0 Å². The number of rotatable bonds is 6. The normalized spacial score (nSPS) is 13.3. The zero-order valence-corrected chi connectivity index (χ0v) is 20.2. The average molecular weight is 485 g/mol.